The topological polar surface area (TPSA) is 114 Å². The number of carboxylic acid groups (broad SMARTS) is 1. The van der Waals surface area contributed by atoms with Crippen LogP contribution in [0, 0.1) is 5.92 Å². The molecule has 3 atom stereocenters. The van der Waals surface area contributed by atoms with Gasteiger partial charge in [0.05, 0.1) is 18.6 Å². The first-order valence-electron chi connectivity index (χ1n) is 11.7. The van der Waals surface area contributed by atoms with Crippen molar-refractivity contribution in [3.05, 3.63) is 59.7 Å². The molecule has 0 saturated carbocycles. The summed E-state index contributed by atoms with van der Waals surface area (Å²) in [7, 11) is 0. The maximum Gasteiger partial charge on any atom is 0.407 e. The Morgan fingerprint density at radius 2 is 1.74 bits per heavy atom. The van der Waals surface area contributed by atoms with E-state index in [1.54, 1.807) is 0 Å². The van der Waals surface area contributed by atoms with Crippen molar-refractivity contribution < 1.29 is 29.0 Å². The number of ether oxygens (including phenoxy) is 2. The number of hydrogen-bond acceptors (Lipinski definition) is 5. The number of carbonyl (C=O) groups is 3. The number of carbonyl (C=O) groups excluding carboxylic acids is 2. The lowest BCUT2D eigenvalue weighted by atomic mass is 9.98. The zero-order valence-corrected chi connectivity index (χ0v) is 19.2. The number of benzene rings is 2. The fourth-order valence-electron chi connectivity index (χ4n) is 4.71. The second kappa shape index (κ2) is 10.7. The first-order chi connectivity index (χ1) is 16.5. The molecule has 1 aliphatic carbocycles. The SMILES string of the molecule is CCCC(NC(=O)C1COC(CNC(=O)OCC2c3ccccc3-c3ccccc32)C1)C(=O)O. The van der Waals surface area contributed by atoms with E-state index in [4.69, 9.17) is 9.47 Å². The molecule has 1 saturated heterocycles. The predicted molar refractivity (Wildman–Crippen MR) is 125 cm³/mol. The molecule has 8 heteroatoms. The smallest absolute Gasteiger partial charge is 0.407 e. The molecule has 8 nitrogen and oxygen atoms in total. The van der Waals surface area contributed by atoms with Crippen LogP contribution in [0.15, 0.2) is 48.5 Å². The van der Waals surface area contributed by atoms with Crippen molar-refractivity contribution >= 4 is 18.0 Å². The molecule has 1 aliphatic heterocycles. The molecule has 2 aromatic rings. The van der Waals surface area contributed by atoms with Crippen LogP contribution in [0.4, 0.5) is 4.79 Å². The molecule has 2 aromatic carbocycles. The highest BCUT2D eigenvalue weighted by Gasteiger charge is 2.33. The van der Waals surface area contributed by atoms with E-state index >= 15 is 0 Å². The van der Waals surface area contributed by atoms with Crippen molar-refractivity contribution in [2.75, 3.05) is 19.8 Å². The van der Waals surface area contributed by atoms with E-state index < -0.39 is 24.0 Å². The van der Waals surface area contributed by atoms with E-state index in [-0.39, 0.29) is 37.7 Å². The van der Waals surface area contributed by atoms with Crippen molar-refractivity contribution in [3.63, 3.8) is 0 Å². The minimum Gasteiger partial charge on any atom is -0.480 e. The lowest BCUT2D eigenvalue weighted by molar-refractivity contribution is -0.142. The number of amides is 2. The van der Waals surface area contributed by atoms with Crippen LogP contribution in [0.1, 0.15) is 43.2 Å². The van der Waals surface area contributed by atoms with Crippen molar-refractivity contribution in [1.29, 1.82) is 0 Å². The molecule has 0 spiro atoms. The van der Waals surface area contributed by atoms with Crippen LogP contribution in [0.3, 0.4) is 0 Å². The van der Waals surface area contributed by atoms with Gasteiger partial charge in [-0.2, -0.15) is 0 Å². The molecular weight excluding hydrogens is 436 g/mol. The molecule has 0 radical (unpaired) electrons. The Morgan fingerprint density at radius 1 is 1.09 bits per heavy atom. The summed E-state index contributed by atoms with van der Waals surface area (Å²) >= 11 is 0. The Morgan fingerprint density at radius 3 is 2.35 bits per heavy atom. The highest BCUT2D eigenvalue weighted by molar-refractivity contribution is 5.85. The summed E-state index contributed by atoms with van der Waals surface area (Å²) in [5.74, 6) is -1.82. The van der Waals surface area contributed by atoms with E-state index in [2.05, 4.69) is 34.9 Å². The quantitative estimate of drug-likeness (QED) is 0.523. The van der Waals surface area contributed by atoms with E-state index in [1.807, 2.05) is 31.2 Å². The van der Waals surface area contributed by atoms with Crippen LogP contribution < -0.4 is 10.6 Å². The van der Waals surface area contributed by atoms with Crippen LogP contribution in [0.25, 0.3) is 11.1 Å². The summed E-state index contributed by atoms with van der Waals surface area (Å²) in [5.41, 5.74) is 4.62. The first kappa shape index (κ1) is 23.8. The molecule has 4 rings (SSSR count). The van der Waals surface area contributed by atoms with Gasteiger partial charge in [0, 0.05) is 12.5 Å². The molecule has 3 N–H and O–H groups in total. The van der Waals surface area contributed by atoms with Gasteiger partial charge in [-0.1, -0.05) is 61.9 Å². The average molecular weight is 467 g/mol. The third-order valence-electron chi connectivity index (χ3n) is 6.46. The van der Waals surface area contributed by atoms with Gasteiger partial charge in [0.2, 0.25) is 5.91 Å². The molecule has 180 valence electrons. The second-order valence-corrected chi connectivity index (χ2v) is 8.78. The minimum absolute atomic E-state index is 0.0146. The van der Waals surface area contributed by atoms with Crippen LogP contribution in [0.2, 0.25) is 0 Å². The predicted octanol–water partition coefficient (Wildman–Crippen LogP) is 3.30. The van der Waals surface area contributed by atoms with Gasteiger partial charge in [0.1, 0.15) is 12.6 Å². The molecule has 3 unspecified atom stereocenters. The Balaban J connectivity index is 1.24. The van der Waals surface area contributed by atoms with Crippen molar-refractivity contribution in [1.82, 2.24) is 10.6 Å². The standard InChI is InChI=1S/C26H30N2O6/c1-2-7-23(25(30)31)28-24(29)16-12-17(33-14-16)13-27-26(32)34-15-22-20-10-5-3-8-18(20)19-9-4-6-11-21(19)22/h3-6,8-11,16-17,22-23H,2,7,12-15H2,1H3,(H,27,32)(H,28,29)(H,30,31). The number of alkyl carbamates (subject to hydrolysis) is 1. The van der Waals surface area contributed by atoms with Gasteiger partial charge < -0.3 is 25.2 Å². The highest BCUT2D eigenvalue weighted by Crippen LogP contribution is 2.44. The summed E-state index contributed by atoms with van der Waals surface area (Å²) in [6.45, 7) is 2.51. The molecule has 34 heavy (non-hydrogen) atoms. The number of aliphatic carboxylic acids is 1. The number of hydrogen-bond donors (Lipinski definition) is 3. The Kier molecular flexibility index (Phi) is 7.47. The molecule has 1 fully saturated rings. The summed E-state index contributed by atoms with van der Waals surface area (Å²) in [4.78, 5) is 36.0. The maximum atomic E-state index is 12.4. The van der Waals surface area contributed by atoms with Crippen LogP contribution in [-0.4, -0.2) is 55.0 Å². The fourth-order valence-corrected chi connectivity index (χ4v) is 4.71. The van der Waals surface area contributed by atoms with Crippen molar-refractivity contribution in [2.24, 2.45) is 5.92 Å². The molecule has 0 aromatic heterocycles. The highest BCUT2D eigenvalue weighted by atomic mass is 16.5. The zero-order valence-electron chi connectivity index (χ0n) is 19.2. The molecule has 1 heterocycles. The minimum atomic E-state index is -1.04. The Hall–Kier alpha value is -3.39. The monoisotopic (exact) mass is 466 g/mol. The summed E-state index contributed by atoms with van der Waals surface area (Å²) in [6.07, 6.45) is 0.582. The molecular formula is C26H30N2O6. The number of carboxylic acids is 1. The molecule has 2 amide bonds. The van der Waals surface area contributed by atoms with E-state index in [9.17, 15) is 19.5 Å². The number of fused-ring (bicyclic) bond motifs is 3. The third-order valence-corrected chi connectivity index (χ3v) is 6.46. The third kappa shape index (κ3) is 5.22. The lowest BCUT2D eigenvalue weighted by Crippen LogP contribution is -2.43. The summed E-state index contributed by atoms with van der Waals surface area (Å²) in [5, 5.41) is 14.5. The zero-order chi connectivity index (χ0) is 24.1. The van der Waals surface area contributed by atoms with Crippen LogP contribution in [0.5, 0.6) is 0 Å². The van der Waals surface area contributed by atoms with Gasteiger partial charge in [-0.05, 0) is 35.1 Å². The molecule has 0 bridgehead atoms. The van der Waals surface area contributed by atoms with E-state index in [0.717, 1.165) is 11.1 Å². The van der Waals surface area contributed by atoms with Gasteiger partial charge in [-0.3, -0.25) is 4.79 Å². The van der Waals surface area contributed by atoms with Crippen LogP contribution in [-0.2, 0) is 19.1 Å². The number of rotatable bonds is 9. The lowest BCUT2D eigenvalue weighted by Gasteiger charge is -2.16. The van der Waals surface area contributed by atoms with E-state index in [0.29, 0.717) is 19.3 Å². The van der Waals surface area contributed by atoms with Gasteiger partial charge >= 0.3 is 12.1 Å². The van der Waals surface area contributed by atoms with Gasteiger partial charge in [-0.25, -0.2) is 9.59 Å². The van der Waals surface area contributed by atoms with Gasteiger partial charge in [-0.15, -0.1) is 0 Å². The largest absolute Gasteiger partial charge is 0.480 e. The van der Waals surface area contributed by atoms with Crippen LogP contribution >= 0.6 is 0 Å². The first-order valence-corrected chi connectivity index (χ1v) is 11.7. The number of nitrogens with one attached hydrogen (secondary N) is 2. The van der Waals surface area contributed by atoms with Crippen molar-refractivity contribution in [2.45, 2.75) is 44.2 Å². The second-order valence-electron chi connectivity index (χ2n) is 8.78. The Bertz CT molecular complexity index is 1010. The van der Waals surface area contributed by atoms with Gasteiger partial charge in [0.25, 0.3) is 0 Å². The Labute approximate surface area is 198 Å². The summed E-state index contributed by atoms with van der Waals surface area (Å²) < 4.78 is 11.2. The van der Waals surface area contributed by atoms with Gasteiger partial charge in [0.15, 0.2) is 0 Å². The maximum absolute atomic E-state index is 12.4. The summed E-state index contributed by atoms with van der Waals surface area (Å²) in [6, 6.07) is 15.4. The van der Waals surface area contributed by atoms with E-state index in [1.165, 1.54) is 11.1 Å². The normalized spacial score (nSPS) is 19.7. The average Bonchev–Trinajstić information content (AvgIpc) is 3.44. The fraction of sp³-hybridized carbons (Fsp3) is 0.423. The molecule has 2 aliphatic rings. The van der Waals surface area contributed by atoms with Crippen molar-refractivity contribution in [3.8, 4) is 11.1 Å².